The van der Waals surface area contributed by atoms with Gasteiger partial charge in [-0.3, -0.25) is 9.59 Å². The molecule has 0 aromatic heterocycles. The maximum Gasteiger partial charge on any atom is 0.304 e. The summed E-state index contributed by atoms with van der Waals surface area (Å²) < 4.78 is 33.5. The number of anilines is 1. The van der Waals surface area contributed by atoms with Crippen LogP contribution in [0.25, 0.3) is 0 Å². The van der Waals surface area contributed by atoms with Crippen LogP contribution in [0, 0.1) is 0 Å². The Bertz CT molecular complexity index is 1060. The van der Waals surface area contributed by atoms with Gasteiger partial charge in [0.2, 0.25) is 11.8 Å². The highest BCUT2D eigenvalue weighted by Gasteiger charge is 2.32. The van der Waals surface area contributed by atoms with Crippen LogP contribution in [-0.4, -0.2) is 69.8 Å². The average molecular weight is 505 g/mol. The molecule has 0 bridgehead atoms. The number of amides is 2. The van der Waals surface area contributed by atoms with Gasteiger partial charge in [-0.15, -0.1) is 0 Å². The van der Waals surface area contributed by atoms with E-state index in [1.807, 2.05) is 19.1 Å². The average Bonchev–Trinajstić information content (AvgIpc) is 2.86. The highest BCUT2D eigenvalue weighted by molar-refractivity contribution is 7.90. The first kappa shape index (κ1) is 28.1. The van der Waals surface area contributed by atoms with E-state index in [0.29, 0.717) is 18.0 Å². The highest BCUT2D eigenvalue weighted by Crippen LogP contribution is 2.21. The number of benzene rings is 2. The smallest absolute Gasteiger partial charge is 0.304 e. The van der Waals surface area contributed by atoms with Crippen molar-refractivity contribution in [3.8, 4) is 5.75 Å². The summed E-state index contributed by atoms with van der Waals surface area (Å²) in [6.07, 6.45) is 1.76. The van der Waals surface area contributed by atoms with Gasteiger partial charge in [-0.2, -0.15) is 12.7 Å². The molecule has 0 spiro atoms. The molecule has 2 aromatic carbocycles. The van der Waals surface area contributed by atoms with Gasteiger partial charge in [0, 0.05) is 27.2 Å². The number of rotatable bonds is 13. The van der Waals surface area contributed by atoms with Gasteiger partial charge in [-0.25, -0.2) is 4.31 Å². The monoisotopic (exact) mass is 504 g/mol. The summed E-state index contributed by atoms with van der Waals surface area (Å²) in [5.74, 6) is -0.111. The molecule has 2 rings (SSSR count). The zero-order valence-electron chi connectivity index (χ0n) is 21.1. The molecule has 0 radical (unpaired) electrons. The quantitative estimate of drug-likeness (QED) is 0.423. The Labute approximate surface area is 208 Å². The first-order valence-corrected chi connectivity index (χ1v) is 13.0. The lowest BCUT2D eigenvalue weighted by Gasteiger charge is -2.32. The van der Waals surface area contributed by atoms with Crippen LogP contribution in [0.2, 0.25) is 0 Å². The number of hydrogen-bond acceptors (Lipinski definition) is 5. The first-order valence-electron chi connectivity index (χ1n) is 11.6. The van der Waals surface area contributed by atoms with Crippen LogP contribution in [0.4, 0.5) is 5.69 Å². The fraction of sp³-hybridized carbons (Fsp3) is 0.440. The molecule has 10 heteroatoms. The van der Waals surface area contributed by atoms with Gasteiger partial charge in [-0.1, -0.05) is 43.7 Å². The molecule has 0 fully saturated rings. The van der Waals surface area contributed by atoms with Crippen molar-refractivity contribution in [3.05, 3.63) is 60.2 Å². The third kappa shape index (κ3) is 7.69. The predicted molar refractivity (Wildman–Crippen MR) is 137 cm³/mol. The van der Waals surface area contributed by atoms with Crippen LogP contribution in [0.15, 0.2) is 54.6 Å². The molecule has 0 heterocycles. The number of unbranched alkanes of at least 4 members (excludes halogenated alkanes) is 1. The molecule has 9 nitrogen and oxygen atoms in total. The van der Waals surface area contributed by atoms with E-state index >= 15 is 0 Å². The lowest BCUT2D eigenvalue weighted by molar-refractivity contribution is -0.139. The van der Waals surface area contributed by atoms with Crippen molar-refractivity contribution in [3.63, 3.8) is 0 Å². The van der Waals surface area contributed by atoms with E-state index in [1.165, 1.54) is 19.0 Å². The highest BCUT2D eigenvalue weighted by atomic mass is 32.2. The summed E-state index contributed by atoms with van der Waals surface area (Å²) in [5.41, 5.74) is 1.15. The normalized spacial score (nSPS) is 12.2. The van der Waals surface area contributed by atoms with Gasteiger partial charge >= 0.3 is 10.2 Å². The van der Waals surface area contributed by atoms with Gasteiger partial charge in [-0.05, 0) is 43.2 Å². The molecule has 0 aliphatic heterocycles. The maximum atomic E-state index is 13.6. The standard InChI is InChI=1S/C25H36N4O5S/c1-6-7-17-26-25(31)20(2)28(18-21-13-15-23(34-5)16-14-21)24(30)19-29(35(32,33)27(3)4)22-11-9-8-10-12-22/h8-16,20H,6-7,17-19H2,1-5H3,(H,26,31)/t20-/m0/s1. The van der Waals surface area contributed by atoms with Crippen molar-refractivity contribution in [1.29, 1.82) is 0 Å². The summed E-state index contributed by atoms with van der Waals surface area (Å²) in [4.78, 5) is 27.9. The Morgan fingerprint density at radius 2 is 1.66 bits per heavy atom. The number of para-hydroxylation sites is 1. The number of hydrogen-bond donors (Lipinski definition) is 1. The Balaban J connectivity index is 2.37. The van der Waals surface area contributed by atoms with Crippen LogP contribution >= 0.6 is 0 Å². The number of carbonyl (C=O) groups is 2. The second-order valence-electron chi connectivity index (χ2n) is 8.32. The van der Waals surface area contributed by atoms with E-state index < -0.39 is 28.7 Å². The third-order valence-electron chi connectivity index (χ3n) is 5.57. The number of nitrogens with zero attached hydrogens (tertiary/aromatic N) is 3. The minimum atomic E-state index is -3.96. The summed E-state index contributed by atoms with van der Waals surface area (Å²) in [6.45, 7) is 3.87. The van der Waals surface area contributed by atoms with Crippen molar-refractivity contribution in [2.45, 2.75) is 39.3 Å². The molecule has 0 saturated carbocycles. The van der Waals surface area contributed by atoms with Crippen LogP contribution < -0.4 is 14.4 Å². The Morgan fingerprint density at radius 1 is 1.03 bits per heavy atom. The van der Waals surface area contributed by atoms with Crippen molar-refractivity contribution in [2.75, 3.05) is 38.6 Å². The van der Waals surface area contributed by atoms with Crippen molar-refractivity contribution >= 4 is 27.7 Å². The van der Waals surface area contributed by atoms with Crippen molar-refractivity contribution in [1.82, 2.24) is 14.5 Å². The zero-order valence-corrected chi connectivity index (χ0v) is 21.9. The van der Waals surface area contributed by atoms with Gasteiger partial charge in [0.1, 0.15) is 18.3 Å². The van der Waals surface area contributed by atoms with E-state index in [-0.39, 0.29) is 12.5 Å². The zero-order chi connectivity index (χ0) is 26.0. The molecule has 0 saturated heterocycles. The second kappa shape index (κ2) is 13.1. The summed E-state index contributed by atoms with van der Waals surface area (Å²) in [5, 5.41) is 2.86. The van der Waals surface area contributed by atoms with E-state index in [9.17, 15) is 18.0 Å². The number of methoxy groups -OCH3 is 1. The molecule has 0 aliphatic carbocycles. The summed E-state index contributed by atoms with van der Waals surface area (Å²) in [6, 6.07) is 14.8. The third-order valence-corrected chi connectivity index (χ3v) is 7.39. The van der Waals surface area contributed by atoms with E-state index in [2.05, 4.69) is 5.32 Å². The summed E-state index contributed by atoms with van der Waals surface area (Å²) >= 11 is 0. The number of nitrogens with one attached hydrogen (secondary N) is 1. The van der Waals surface area contributed by atoms with Gasteiger partial charge < -0.3 is 15.0 Å². The summed E-state index contributed by atoms with van der Waals surface area (Å²) in [7, 11) is 0.425. The maximum absolute atomic E-state index is 13.6. The first-order chi connectivity index (χ1) is 16.6. The topological polar surface area (TPSA) is 99.3 Å². The molecule has 192 valence electrons. The molecule has 2 amide bonds. The molecule has 1 atom stereocenters. The minimum absolute atomic E-state index is 0.135. The fourth-order valence-electron chi connectivity index (χ4n) is 3.36. The SMILES string of the molecule is CCCCNC(=O)[C@H](C)N(Cc1ccc(OC)cc1)C(=O)CN(c1ccccc1)S(=O)(=O)N(C)C. The van der Waals surface area contributed by atoms with Gasteiger partial charge in [0.25, 0.3) is 0 Å². The van der Waals surface area contributed by atoms with E-state index in [1.54, 1.807) is 56.5 Å². The molecule has 2 aromatic rings. The van der Waals surface area contributed by atoms with Gasteiger partial charge in [0.15, 0.2) is 0 Å². The molecule has 35 heavy (non-hydrogen) atoms. The number of ether oxygens (including phenoxy) is 1. The number of carbonyl (C=O) groups excluding carboxylic acids is 2. The fourth-order valence-corrected chi connectivity index (χ4v) is 4.41. The molecule has 0 unspecified atom stereocenters. The molecular formula is C25H36N4O5S. The van der Waals surface area contributed by atoms with Crippen LogP contribution in [0.3, 0.4) is 0 Å². The Morgan fingerprint density at radius 3 is 2.20 bits per heavy atom. The van der Waals surface area contributed by atoms with Gasteiger partial charge in [0.05, 0.1) is 12.8 Å². The predicted octanol–water partition coefficient (Wildman–Crippen LogP) is 2.64. The van der Waals surface area contributed by atoms with E-state index in [4.69, 9.17) is 4.74 Å². The van der Waals surface area contributed by atoms with Crippen molar-refractivity contribution in [2.24, 2.45) is 0 Å². The van der Waals surface area contributed by atoms with Crippen LogP contribution in [0.5, 0.6) is 5.75 Å². The van der Waals surface area contributed by atoms with Crippen LogP contribution in [-0.2, 0) is 26.3 Å². The minimum Gasteiger partial charge on any atom is -0.497 e. The lowest BCUT2D eigenvalue weighted by atomic mass is 10.1. The Kier molecular flexibility index (Phi) is 10.5. The van der Waals surface area contributed by atoms with Crippen LogP contribution in [0.1, 0.15) is 32.3 Å². The molecule has 0 aliphatic rings. The largest absolute Gasteiger partial charge is 0.497 e. The van der Waals surface area contributed by atoms with Crippen molar-refractivity contribution < 1.29 is 22.7 Å². The molecular weight excluding hydrogens is 468 g/mol. The van der Waals surface area contributed by atoms with E-state index in [0.717, 1.165) is 27.0 Å². The Hall–Kier alpha value is -3.11. The lowest BCUT2D eigenvalue weighted by Crippen LogP contribution is -2.52. The second-order valence-corrected chi connectivity index (χ2v) is 10.4. The molecule has 1 N–H and O–H groups in total.